The molecule has 26 heavy (non-hydrogen) atoms. The van der Waals surface area contributed by atoms with E-state index in [1.165, 1.54) is 11.3 Å². The van der Waals surface area contributed by atoms with E-state index in [1.807, 2.05) is 4.90 Å². The van der Waals surface area contributed by atoms with Crippen LogP contribution in [0.4, 0.5) is 0 Å². The normalized spacial score (nSPS) is 30.5. The van der Waals surface area contributed by atoms with Crippen molar-refractivity contribution in [3.63, 3.8) is 0 Å². The molecule has 0 radical (unpaired) electrons. The number of likely N-dealkylation sites (tertiary alicyclic amines) is 2. The maximum atomic E-state index is 12.5. The van der Waals surface area contributed by atoms with Gasteiger partial charge in [0.1, 0.15) is 0 Å². The van der Waals surface area contributed by atoms with Crippen molar-refractivity contribution in [3.8, 4) is 0 Å². The molecular formula is C19H30ClN3O3. The van der Waals surface area contributed by atoms with Crippen LogP contribution < -0.4 is 5.32 Å². The Labute approximate surface area is 161 Å². The number of carbonyl (C=O) groups is 3. The van der Waals surface area contributed by atoms with Crippen molar-refractivity contribution in [2.75, 3.05) is 32.7 Å². The maximum absolute atomic E-state index is 12.5. The van der Waals surface area contributed by atoms with Crippen LogP contribution in [0.1, 0.15) is 51.4 Å². The predicted octanol–water partition coefficient (Wildman–Crippen LogP) is 1.58. The fourth-order valence-electron chi connectivity index (χ4n) is 5.27. The Kier molecular flexibility index (Phi) is 5.92. The molecule has 2 unspecified atom stereocenters. The van der Waals surface area contributed by atoms with Crippen LogP contribution >= 0.6 is 12.4 Å². The Balaban J connectivity index is 0.00000196. The van der Waals surface area contributed by atoms with E-state index in [1.54, 1.807) is 0 Å². The van der Waals surface area contributed by atoms with Gasteiger partial charge in [-0.3, -0.25) is 19.3 Å². The Morgan fingerprint density at radius 2 is 1.65 bits per heavy atom. The quantitative estimate of drug-likeness (QED) is 0.751. The second-order valence-electron chi connectivity index (χ2n) is 8.38. The minimum Gasteiger partial charge on any atom is -0.343 e. The van der Waals surface area contributed by atoms with Crippen LogP contribution in [-0.2, 0) is 14.4 Å². The molecule has 1 aliphatic carbocycles. The topological polar surface area (TPSA) is 69.7 Å². The number of halogens is 1. The van der Waals surface area contributed by atoms with Gasteiger partial charge in [-0.05, 0) is 44.1 Å². The van der Waals surface area contributed by atoms with Gasteiger partial charge in [0.2, 0.25) is 17.7 Å². The molecule has 1 N–H and O–H groups in total. The standard InChI is InChI=1S/C19H29N3O3.ClH/c23-16(21-11-7-19(8-12-21)6-9-20-13-19)5-10-22-17(24)14-3-1-2-4-15(14)18(22)25;/h14-15,20H,1-13H2;1H. The minimum atomic E-state index is -0.110. The van der Waals surface area contributed by atoms with Crippen LogP contribution in [0.3, 0.4) is 0 Å². The largest absolute Gasteiger partial charge is 0.343 e. The van der Waals surface area contributed by atoms with E-state index in [9.17, 15) is 14.4 Å². The molecule has 7 heteroatoms. The monoisotopic (exact) mass is 383 g/mol. The molecule has 6 nitrogen and oxygen atoms in total. The molecule has 4 aliphatic rings. The lowest BCUT2D eigenvalue weighted by atomic mass is 9.78. The smallest absolute Gasteiger partial charge is 0.233 e. The molecule has 0 aromatic carbocycles. The van der Waals surface area contributed by atoms with Crippen LogP contribution in [0.2, 0.25) is 0 Å². The molecular weight excluding hydrogens is 354 g/mol. The molecule has 0 aromatic rings. The third-order valence-corrected chi connectivity index (χ3v) is 6.99. The zero-order valence-corrected chi connectivity index (χ0v) is 16.2. The van der Waals surface area contributed by atoms with Crippen molar-refractivity contribution >= 4 is 30.1 Å². The summed E-state index contributed by atoms with van der Waals surface area (Å²) in [5.41, 5.74) is 0.396. The van der Waals surface area contributed by atoms with Gasteiger partial charge in [-0.15, -0.1) is 12.4 Å². The molecule has 1 saturated carbocycles. The Bertz CT molecular complexity index is 542. The van der Waals surface area contributed by atoms with Crippen LogP contribution in [0.25, 0.3) is 0 Å². The van der Waals surface area contributed by atoms with Gasteiger partial charge in [0.15, 0.2) is 0 Å². The molecule has 146 valence electrons. The summed E-state index contributed by atoms with van der Waals surface area (Å²) < 4.78 is 0. The minimum absolute atomic E-state index is 0. The highest BCUT2D eigenvalue weighted by Crippen LogP contribution is 2.39. The van der Waals surface area contributed by atoms with Crippen molar-refractivity contribution in [3.05, 3.63) is 0 Å². The first-order valence-corrected chi connectivity index (χ1v) is 9.93. The molecule has 3 aliphatic heterocycles. The van der Waals surface area contributed by atoms with E-state index < -0.39 is 0 Å². The molecule has 0 aromatic heterocycles. The number of carbonyl (C=O) groups excluding carboxylic acids is 3. The first kappa shape index (κ1) is 19.6. The van der Waals surface area contributed by atoms with Gasteiger partial charge in [0, 0.05) is 32.6 Å². The third-order valence-electron chi connectivity index (χ3n) is 6.99. The van der Waals surface area contributed by atoms with Gasteiger partial charge in [-0.1, -0.05) is 12.8 Å². The summed E-state index contributed by atoms with van der Waals surface area (Å²) in [4.78, 5) is 40.8. The van der Waals surface area contributed by atoms with Crippen molar-refractivity contribution in [2.24, 2.45) is 17.3 Å². The number of nitrogens with one attached hydrogen (secondary N) is 1. The molecule has 3 saturated heterocycles. The fourth-order valence-corrected chi connectivity index (χ4v) is 5.27. The summed E-state index contributed by atoms with van der Waals surface area (Å²) >= 11 is 0. The molecule has 0 bridgehead atoms. The average Bonchev–Trinajstić information content (AvgIpc) is 3.18. The number of hydrogen-bond donors (Lipinski definition) is 1. The second-order valence-corrected chi connectivity index (χ2v) is 8.38. The van der Waals surface area contributed by atoms with Crippen molar-refractivity contribution in [2.45, 2.75) is 51.4 Å². The summed E-state index contributed by atoms with van der Waals surface area (Å²) in [5.74, 6) is -0.187. The van der Waals surface area contributed by atoms with Crippen LogP contribution in [0, 0.1) is 17.3 Å². The fraction of sp³-hybridized carbons (Fsp3) is 0.842. The lowest BCUT2D eigenvalue weighted by molar-refractivity contribution is -0.141. The number of nitrogens with zero attached hydrogens (tertiary/aromatic N) is 2. The maximum Gasteiger partial charge on any atom is 0.233 e. The van der Waals surface area contributed by atoms with E-state index >= 15 is 0 Å². The van der Waals surface area contributed by atoms with E-state index in [0.29, 0.717) is 5.41 Å². The summed E-state index contributed by atoms with van der Waals surface area (Å²) in [7, 11) is 0. The SMILES string of the molecule is Cl.O=C(CCN1C(=O)C2CCCCC2C1=O)N1CCC2(CCNC2)CC1. The van der Waals surface area contributed by atoms with Gasteiger partial charge in [0.05, 0.1) is 11.8 Å². The number of rotatable bonds is 3. The molecule has 2 atom stereocenters. The van der Waals surface area contributed by atoms with Gasteiger partial charge in [-0.25, -0.2) is 0 Å². The van der Waals surface area contributed by atoms with Crippen LogP contribution in [-0.4, -0.2) is 60.2 Å². The number of amides is 3. The summed E-state index contributed by atoms with van der Waals surface area (Å²) in [6.45, 7) is 4.07. The molecule has 4 fully saturated rings. The Morgan fingerprint density at radius 3 is 2.19 bits per heavy atom. The second kappa shape index (κ2) is 7.85. The van der Waals surface area contributed by atoms with Crippen LogP contribution in [0.15, 0.2) is 0 Å². The van der Waals surface area contributed by atoms with E-state index in [-0.39, 0.29) is 54.9 Å². The highest BCUT2D eigenvalue weighted by Gasteiger charge is 2.48. The summed E-state index contributed by atoms with van der Waals surface area (Å²) in [6.07, 6.45) is 7.38. The van der Waals surface area contributed by atoms with E-state index in [2.05, 4.69) is 5.32 Å². The summed E-state index contributed by atoms with van der Waals surface area (Å²) in [5, 5.41) is 3.44. The van der Waals surface area contributed by atoms with Crippen molar-refractivity contribution in [1.29, 1.82) is 0 Å². The Morgan fingerprint density at radius 1 is 1.04 bits per heavy atom. The highest BCUT2D eigenvalue weighted by molar-refractivity contribution is 6.05. The van der Waals surface area contributed by atoms with E-state index in [4.69, 9.17) is 0 Å². The zero-order valence-electron chi connectivity index (χ0n) is 15.4. The van der Waals surface area contributed by atoms with Gasteiger partial charge >= 0.3 is 0 Å². The van der Waals surface area contributed by atoms with Gasteiger partial charge in [-0.2, -0.15) is 0 Å². The first-order chi connectivity index (χ1) is 12.1. The predicted molar refractivity (Wildman–Crippen MR) is 99.8 cm³/mol. The lowest BCUT2D eigenvalue weighted by Crippen LogP contribution is -2.45. The third kappa shape index (κ3) is 3.50. The molecule has 1 spiro atoms. The number of hydrogen-bond acceptors (Lipinski definition) is 4. The van der Waals surface area contributed by atoms with E-state index in [0.717, 1.165) is 64.7 Å². The highest BCUT2D eigenvalue weighted by atomic mass is 35.5. The Hall–Kier alpha value is -1.14. The first-order valence-electron chi connectivity index (χ1n) is 9.93. The number of fused-ring (bicyclic) bond motifs is 1. The molecule has 3 amide bonds. The number of imide groups is 1. The number of piperidine rings is 1. The van der Waals surface area contributed by atoms with Gasteiger partial charge in [0.25, 0.3) is 0 Å². The molecule has 4 rings (SSSR count). The lowest BCUT2D eigenvalue weighted by Gasteiger charge is -2.39. The summed E-state index contributed by atoms with van der Waals surface area (Å²) in [6, 6.07) is 0. The van der Waals surface area contributed by atoms with Crippen molar-refractivity contribution in [1.82, 2.24) is 15.1 Å². The van der Waals surface area contributed by atoms with Gasteiger partial charge < -0.3 is 10.2 Å². The van der Waals surface area contributed by atoms with Crippen molar-refractivity contribution < 1.29 is 14.4 Å². The molecule has 3 heterocycles. The zero-order chi connectivity index (χ0) is 17.4. The average molecular weight is 384 g/mol. The van der Waals surface area contributed by atoms with Crippen LogP contribution in [0.5, 0.6) is 0 Å².